The summed E-state index contributed by atoms with van der Waals surface area (Å²) in [6.07, 6.45) is 3.78. The largest absolute Gasteiger partial charge is 0.480 e. The van der Waals surface area contributed by atoms with Crippen LogP contribution in [0.5, 0.6) is 0 Å². The third-order valence-electron chi connectivity index (χ3n) is 4.30. The van der Waals surface area contributed by atoms with Crippen LogP contribution in [-0.2, 0) is 17.8 Å². The average Bonchev–Trinajstić information content (AvgIpc) is 2.80. The Bertz CT molecular complexity index is 872. The van der Waals surface area contributed by atoms with Crippen LogP contribution in [0.4, 0.5) is 0 Å². The molecule has 0 aliphatic carbocycles. The monoisotopic (exact) mass is 329 g/mol. The first-order valence-corrected chi connectivity index (χ1v) is 8.04. The minimum Gasteiger partial charge on any atom is -0.480 e. The van der Waals surface area contributed by atoms with Crippen LogP contribution >= 0.6 is 0 Å². The van der Waals surface area contributed by atoms with E-state index in [0.717, 1.165) is 31.5 Å². The first-order chi connectivity index (χ1) is 11.5. The molecule has 0 spiro atoms. The van der Waals surface area contributed by atoms with Gasteiger partial charge in [-0.25, -0.2) is 4.98 Å². The Morgan fingerprint density at radius 3 is 2.83 bits per heavy atom. The van der Waals surface area contributed by atoms with Gasteiger partial charge in [0.2, 0.25) is 0 Å². The second kappa shape index (κ2) is 6.43. The highest BCUT2D eigenvalue weighted by Crippen LogP contribution is 2.16. The fourth-order valence-corrected chi connectivity index (χ4v) is 2.90. The molecule has 1 amide bonds. The van der Waals surface area contributed by atoms with E-state index in [1.54, 1.807) is 16.7 Å². The number of carboxylic acid groups (broad SMARTS) is 1. The van der Waals surface area contributed by atoms with Gasteiger partial charge in [0.1, 0.15) is 11.9 Å². The SMILES string of the molecule is C[C@@H](NC(=O)c1ccc2c(=O)n3c(nc2c1)CCCCC3)C(=O)O. The van der Waals surface area contributed by atoms with Crippen LogP contribution in [0.1, 0.15) is 42.4 Å². The van der Waals surface area contributed by atoms with Crippen LogP contribution in [-0.4, -0.2) is 32.6 Å². The molecule has 0 saturated carbocycles. The number of carbonyl (C=O) groups excluding carboxylic acids is 1. The fraction of sp³-hybridized carbons (Fsp3) is 0.412. The molecule has 2 heterocycles. The van der Waals surface area contributed by atoms with E-state index in [1.165, 1.54) is 13.0 Å². The van der Waals surface area contributed by atoms with E-state index in [-0.39, 0.29) is 5.56 Å². The van der Waals surface area contributed by atoms with Gasteiger partial charge in [-0.3, -0.25) is 19.0 Å². The number of aryl methyl sites for hydroxylation is 1. The zero-order chi connectivity index (χ0) is 17.3. The van der Waals surface area contributed by atoms with Crippen molar-refractivity contribution in [2.75, 3.05) is 0 Å². The summed E-state index contributed by atoms with van der Waals surface area (Å²) in [6.45, 7) is 2.07. The van der Waals surface area contributed by atoms with E-state index < -0.39 is 17.9 Å². The summed E-state index contributed by atoms with van der Waals surface area (Å²) in [5.74, 6) is -0.851. The number of hydrogen-bond donors (Lipinski definition) is 2. The number of nitrogens with one attached hydrogen (secondary N) is 1. The first kappa shape index (κ1) is 16.2. The van der Waals surface area contributed by atoms with Gasteiger partial charge < -0.3 is 10.4 Å². The lowest BCUT2D eigenvalue weighted by Crippen LogP contribution is -2.38. The summed E-state index contributed by atoms with van der Waals surface area (Å²) in [6, 6.07) is 3.67. The molecular formula is C17H19N3O4. The summed E-state index contributed by atoms with van der Waals surface area (Å²) >= 11 is 0. The van der Waals surface area contributed by atoms with Gasteiger partial charge in [0, 0.05) is 18.5 Å². The minimum absolute atomic E-state index is 0.0808. The highest BCUT2D eigenvalue weighted by atomic mass is 16.4. The molecule has 7 heteroatoms. The maximum Gasteiger partial charge on any atom is 0.325 e. The van der Waals surface area contributed by atoms with E-state index >= 15 is 0 Å². The molecule has 24 heavy (non-hydrogen) atoms. The van der Waals surface area contributed by atoms with Crippen molar-refractivity contribution in [3.8, 4) is 0 Å². The first-order valence-electron chi connectivity index (χ1n) is 8.04. The predicted octanol–water partition coefficient (Wildman–Crippen LogP) is 1.33. The number of nitrogens with zero attached hydrogens (tertiary/aromatic N) is 2. The number of amides is 1. The third-order valence-corrected chi connectivity index (χ3v) is 4.30. The maximum atomic E-state index is 12.6. The van der Waals surface area contributed by atoms with Gasteiger partial charge >= 0.3 is 5.97 Å². The van der Waals surface area contributed by atoms with E-state index in [9.17, 15) is 14.4 Å². The van der Waals surface area contributed by atoms with E-state index in [4.69, 9.17) is 5.11 Å². The number of carboxylic acids is 1. The minimum atomic E-state index is -1.11. The van der Waals surface area contributed by atoms with Crippen molar-refractivity contribution in [2.24, 2.45) is 0 Å². The van der Waals surface area contributed by atoms with Crippen LogP contribution < -0.4 is 10.9 Å². The number of benzene rings is 1. The van der Waals surface area contributed by atoms with Crippen LogP contribution in [0.25, 0.3) is 10.9 Å². The van der Waals surface area contributed by atoms with Gasteiger partial charge in [-0.2, -0.15) is 0 Å². The maximum absolute atomic E-state index is 12.6. The molecule has 2 N–H and O–H groups in total. The Hall–Kier alpha value is -2.70. The number of fused-ring (bicyclic) bond motifs is 2. The van der Waals surface area contributed by atoms with Crippen molar-refractivity contribution >= 4 is 22.8 Å². The molecular weight excluding hydrogens is 310 g/mol. The van der Waals surface area contributed by atoms with Crippen LogP contribution in [0.2, 0.25) is 0 Å². The molecule has 0 unspecified atom stereocenters. The Morgan fingerprint density at radius 2 is 2.08 bits per heavy atom. The molecule has 1 aromatic heterocycles. The summed E-state index contributed by atoms with van der Waals surface area (Å²) in [7, 11) is 0. The molecule has 7 nitrogen and oxygen atoms in total. The summed E-state index contributed by atoms with van der Waals surface area (Å²) in [5, 5.41) is 11.7. The van der Waals surface area contributed by atoms with E-state index in [2.05, 4.69) is 10.3 Å². The molecule has 1 aliphatic heterocycles. The summed E-state index contributed by atoms with van der Waals surface area (Å²) in [5.41, 5.74) is 0.688. The Balaban J connectivity index is 2.01. The van der Waals surface area contributed by atoms with Gasteiger partial charge in [-0.1, -0.05) is 6.42 Å². The highest BCUT2D eigenvalue weighted by Gasteiger charge is 2.18. The van der Waals surface area contributed by atoms with Crippen molar-refractivity contribution in [2.45, 2.75) is 45.2 Å². The van der Waals surface area contributed by atoms with Crippen molar-refractivity contribution in [3.63, 3.8) is 0 Å². The summed E-state index contributed by atoms with van der Waals surface area (Å²) < 4.78 is 1.72. The lowest BCUT2D eigenvalue weighted by Gasteiger charge is -2.12. The van der Waals surface area contributed by atoms with Crippen LogP contribution in [0.3, 0.4) is 0 Å². The molecule has 0 saturated heterocycles. The van der Waals surface area contributed by atoms with Crippen LogP contribution in [0, 0.1) is 0 Å². The van der Waals surface area contributed by atoms with E-state index in [0.29, 0.717) is 23.0 Å². The van der Waals surface area contributed by atoms with Gasteiger partial charge in [0.25, 0.3) is 11.5 Å². The topological polar surface area (TPSA) is 101 Å². The Morgan fingerprint density at radius 1 is 1.29 bits per heavy atom. The normalized spacial score (nSPS) is 15.4. The fourth-order valence-electron chi connectivity index (χ4n) is 2.90. The number of carbonyl (C=O) groups is 2. The van der Waals surface area contributed by atoms with Crippen LogP contribution in [0.15, 0.2) is 23.0 Å². The second-order valence-electron chi connectivity index (χ2n) is 6.06. The second-order valence-corrected chi connectivity index (χ2v) is 6.06. The Kier molecular flexibility index (Phi) is 4.33. The van der Waals surface area contributed by atoms with Gasteiger partial charge in [0.05, 0.1) is 10.9 Å². The van der Waals surface area contributed by atoms with E-state index in [1.807, 2.05) is 0 Å². The average molecular weight is 329 g/mol. The molecule has 0 radical (unpaired) electrons. The molecule has 2 aromatic rings. The quantitative estimate of drug-likeness (QED) is 0.884. The smallest absolute Gasteiger partial charge is 0.325 e. The van der Waals surface area contributed by atoms with Crippen molar-refractivity contribution in [1.82, 2.24) is 14.9 Å². The molecule has 0 bridgehead atoms. The number of aliphatic carboxylic acids is 1. The van der Waals surface area contributed by atoms with Gasteiger partial charge in [-0.05, 0) is 38.0 Å². The summed E-state index contributed by atoms with van der Waals surface area (Å²) in [4.78, 5) is 40.2. The molecule has 1 aliphatic rings. The molecule has 3 rings (SSSR count). The lowest BCUT2D eigenvalue weighted by molar-refractivity contribution is -0.138. The van der Waals surface area contributed by atoms with Gasteiger partial charge in [-0.15, -0.1) is 0 Å². The lowest BCUT2D eigenvalue weighted by atomic mass is 10.1. The van der Waals surface area contributed by atoms with Gasteiger partial charge in [0.15, 0.2) is 0 Å². The highest BCUT2D eigenvalue weighted by molar-refractivity contribution is 5.99. The van der Waals surface area contributed by atoms with Crippen molar-refractivity contribution < 1.29 is 14.7 Å². The predicted molar refractivity (Wildman–Crippen MR) is 88.1 cm³/mol. The number of aromatic nitrogens is 2. The number of rotatable bonds is 3. The Labute approximate surface area is 138 Å². The molecule has 1 aromatic carbocycles. The van der Waals surface area contributed by atoms with Crippen molar-refractivity contribution in [3.05, 3.63) is 39.9 Å². The molecule has 0 fully saturated rings. The molecule has 126 valence electrons. The standard InChI is InChI=1S/C17H19N3O4/c1-10(17(23)24)18-15(21)11-6-7-12-13(9-11)19-14-5-3-2-4-8-20(14)16(12)22/h6-7,9-10H,2-5,8H2,1H3,(H,18,21)(H,23,24)/t10-/m1/s1. The molecule has 1 atom stereocenters. The number of hydrogen-bond acceptors (Lipinski definition) is 4. The van der Waals surface area contributed by atoms with Crippen molar-refractivity contribution in [1.29, 1.82) is 0 Å². The zero-order valence-corrected chi connectivity index (χ0v) is 13.4. The zero-order valence-electron chi connectivity index (χ0n) is 13.4. The third kappa shape index (κ3) is 3.02.